The summed E-state index contributed by atoms with van der Waals surface area (Å²) < 4.78 is 11.1. The van der Waals surface area contributed by atoms with Crippen LogP contribution in [0.2, 0.25) is 0 Å². The first kappa shape index (κ1) is 22.6. The molecular weight excluding hydrogens is 436 g/mol. The van der Waals surface area contributed by atoms with Gasteiger partial charge in [0.15, 0.2) is 0 Å². The minimum absolute atomic E-state index is 0.283. The second-order valence-corrected chi connectivity index (χ2v) is 8.61. The number of benzene rings is 1. The summed E-state index contributed by atoms with van der Waals surface area (Å²) >= 11 is 0. The van der Waals surface area contributed by atoms with E-state index in [9.17, 15) is 9.90 Å². The SMILES string of the molecule is CC1=C(C(=O)O)C(c2ccccc2CN)c2c(nc(N3CCOCC3)nc2N2CCOCC2)N1. The molecule has 3 aliphatic rings. The number of nitrogens with zero attached hydrogens (tertiary/aromatic N) is 4. The molecule has 2 saturated heterocycles. The van der Waals surface area contributed by atoms with Gasteiger partial charge in [0.25, 0.3) is 0 Å². The Hall–Kier alpha value is -3.21. The number of nitrogens with two attached hydrogens (primary N) is 1. The number of carboxylic acids is 1. The quantitative estimate of drug-likeness (QED) is 0.597. The van der Waals surface area contributed by atoms with Gasteiger partial charge in [0.2, 0.25) is 5.95 Å². The summed E-state index contributed by atoms with van der Waals surface area (Å²) in [6.07, 6.45) is 0. The molecule has 3 aliphatic heterocycles. The first-order chi connectivity index (χ1) is 16.6. The van der Waals surface area contributed by atoms with Crippen molar-refractivity contribution in [3.63, 3.8) is 0 Å². The lowest BCUT2D eigenvalue weighted by Gasteiger charge is -2.37. The highest BCUT2D eigenvalue weighted by Gasteiger charge is 2.38. The van der Waals surface area contributed by atoms with Crippen LogP contribution >= 0.6 is 0 Å². The normalized spacial score (nSPS) is 20.7. The highest BCUT2D eigenvalue weighted by atomic mass is 16.5. The molecule has 1 aromatic heterocycles. The van der Waals surface area contributed by atoms with Crippen molar-refractivity contribution in [3.8, 4) is 0 Å². The molecule has 4 heterocycles. The molecule has 0 bridgehead atoms. The average Bonchev–Trinajstić information content (AvgIpc) is 2.88. The van der Waals surface area contributed by atoms with E-state index in [0.29, 0.717) is 76.6 Å². The van der Waals surface area contributed by atoms with Crippen molar-refractivity contribution in [1.29, 1.82) is 0 Å². The van der Waals surface area contributed by atoms with Crippen molar-refractivity contribution in [2.75, 3.05) is 67.7 Å². The number of anilines is 3. The van der Waals surface area contributed by atoms with E-state index in [1.165, 1.54) is 0 Å². The zero-order chi connectivity index (χ0) is 23.7. The highest BCUT2D eigenvalue weighted by molar-refractivity contribution is 5.94. The van der Waals surface area contributed by atoms with Gasteiger partial charge in [-0.15, -0.1) is 0 Å². The summed E-state index contributed by atoms with van der Waals surface area (Å²) in [4.78, 5) is 26.7. The molecule has 0 radical (unpaired) electrons. The van der Waals surface area contributed by atoms with Crippen LogP contribution in [0.25, 0.3) is 0 Å². The zero-order valence-corrected chi connectivity index (χ0v) is 19.3. The third-order valence-electron chi connectivity index (χ3n) is 6.62. The Morgan fingerprint density at radius 1 is 1.09 bits per heavy atom. The van der Waals surface area contributed by atoms with Crippen molar-refractivity contribution in [1.82, 2.24) is 9.97 Å². The van der Waals surface area contributed by atoms with Crippen molar-refractivity contribution < 1.29 is 19.4 Å². The van der Waals surface area contributed by atoms with Crippen LogP contribution in [0.1, 0.15) is 29.5 Å². The molecule has 180 valence electrons. The first-order valence-corrected chi connectivity index (χ1v) is 11.6. The molecule has 2 fully saturated rings. The van der Waals surface area contributed by atoms with Gasteiger partial charge in [-0.1, -0.05) is 24.3 Å². The molecule has 1 aromatic carbocycles. The number of carboxylic acid groups (broad SMARTS) is 1. The third kappa shape index (κ3) is 4.08. The van der Waals surface area contributed by atoms with E-state index in [1.807, 2.05) is 24.3 Å². The summed E-state index contributed by atoms with van der Waals surface area (Å²) in [7, 11) is 0. The van der Waals surface area contributed by atoms with Crippen LogP contribution in [0.3, 0.4) is 0 Å². The minimum Gasteiger partial charge on any atom is -0.478 e. The fraction of sp³-hybridized carbons (Fsp3) is 0.458. The van der Waals surface area contributed by atoms with Gasteiger partial charge in [-0.25, -0.2) is 4.79 Å². The van der Waals surface area contributed by atoms with E-state index in [-0.39, 0.29) is 5.57 Å². The zero-order valence-electron chi connectivity index (χ0n) is 19.3. The minimum atomic E-state index is -0.974. The predicted octanol–water partition coefficient (Wildman–Crippen LogP) is 1.52. The Labute approximate surface area is 198 Å². The molecule has 1 atom stereocenters. The Morgan fingerprint density at radius 3 is 2.38 bits per heavy atom. The predicted molar refractivity (Wildman–Crippen MR) is 128 cm³/mol. The molecule has 0 spiro atoms. The van der Waals surface area contributed by atoms with E-state index in [4.69, 9.17) is 25.2 Å². The van der Waals surface area contributed by atoms with Crippen LogP contribution in [0.5, 0.6) is 0 Å². The molecular formula is C24H30N6O4. The molecule has 10 heteroatoms. The monoisotopic (exact) mass is 466 g/mol. The average molecular weight is 467 g/mol. The number of hydrogen-bond donors (Lipinski definition) is 3. The Balaban J connectivity index is 1.74. The molecule has 0 aliphatic carbocycles. The highest BCUT2D eigenvalue weighted by Crippen LogP contribution is 2.46. The molecule has 34 heavy (non-hydrogen) atoms. The molecule has 0 amide bonds. The van der Waals surface area contributed by atoms with Gasteiger partial charge in [-0.05, 0) is 18.1 Å². The van der Waals surface area contributed by atoms with Gasteiger partial charge in [-0.3, -0.25) is 0 Å². The maximum atomic E-state index is 12.5. The Bertz CT molecular complexity index is 1110. The lowest BCUT2D eigenvalue weighted by Crippen LogP contribution is -2.41. The van der Waals surface area contributed by atoms with E-state index in [1.54, 1.807) is 6.92 Å². The fourth-order valence-electron chi connectivity index (χ4n) is 4.93. The summed E-state index contributed by atoms with van der Waals surface area (Å²) in [6.45, 7) is 7.26. The number of rotatable bonds is 5. The van der Waals surface area contributed by atoms with Crippen LogP contribution in [0.4, 0.5) is 17.6 Å². The standard InChI is InChI=1S/C24H30N6O4/c1-15-18(23(31)32)19(17-5-3-2-4-16(17)14-25)20-21(26-15)27-24(30-8-12-34-13-9-30)28-22(20)29-6-10-33-11-7-29/h2-5,19H,6-14,25H2,1H3,(H,31,32)(H,26,27,28). The molecule has 5 rings (SSSR count). The number of hydrogen-bond acceptors (Lipinski definition) is 9. The smallest absolute Gasteiger partial charge is 0.334 e. The number of morpholine rings is 2. The van der Waals surface area contributed by atoms with E-state index >= 15 is 0 Å². The fourth-order valence-corrected chi connectivity index (χ4v) is 4.93. The number of fused-ring (bicyclic) bond motifs is 1. The van der Waals surface area contributed by atoms with Gasteiger partial charge < -0.3 is 35.4 Å². The Morgan fingerprint density at radius 2 is 1.74 bits per heavy atom. The van der Waals surface area contributed by atoms with E-state index in [2.05, 4.69) is 15.1 Å². The van der Waals surface area contributed by atoms with Crippen LogP contribution < -0.4 is 20.9 Å². The largest absolute Gasteiger partial charge is 0.478 e. The maximum absolute atomic E-state index is 12.5. The van der Waals surface area contributed by atoms with Crippen molar-refractivity contribution in [2.45, 2.75) is 19.4 Å². The Kier molecular flexibility index (Phi) is 6.36. The molecule has 10 nitrogen and oxygen atoms in total. The van der Waals surface area contributed by atoms with Crippen molar-refractivity contribution in [3.05, 3.63) is 52.2 Å². The van der Waals surface area contributed by atoms with Gasteiger partial charge in [0.1, 0.15) is 11.6 Å². The van der Waals surface area contributed by atoms with Gasteiger partial charge in [0.05, 0.1) is 37.9 Å². The van der Waals surface area contributed by atoms with Crippen LogP contribution in [0.15, 0.2) is 35.5 Å². The third-order valence-corrected chi connectivity index (χ3v) is 6.62. The first-order valence-electron chi connectivity index (χ1n) is 11.6. The topological polar surface area (TPSA) is 126 Å². The number of nitrogens with one attached hydrogen (secondary N) is 1. The molecule has 2 aromatic rings. The summed E-state index contributed by atoms with van der Waals surface area (Å²) in [5.41, 5.74) is 9.46. The maximum Gasteiger partial charge on any atom is 0.334 e. The number of aliphatic carboxylic acids is 1. The summed E-state index contributed by atoms with van der Waals surface area (Å²) in [5.74, 6) is 0.471. The molecule has 4 N–H and O–H groups in total. The lowest BCUT2D eigenvalue weighted by atomic mass is 9.79. The van der Waals surface area contributed by atoms with E-state index < -0.39 is 11.9 Å². The second-order valence-electron chi connectivity index (χ2n) is 8.61. The lowest BCUT2D eigenvalue weighted by molar-refractivity contribution is -0.133. The number of ether oxygens (including phenoxy) is 2. The summed E-state index contributed by atoms with van der Waals surface area (Å²) in [5, 5.41) is 13.6. The molecule has 0 saturated carbocycles. The van der Waals surface area contributed by atoms with Crippen LogP contribution in [-0.2, 0) is 20.8 Å². The molecule has 1 unspecified atom stereocenters. The van der Waals surface area contributed by atoms with Crippen molar-refractivity contribution in [2.24, 2.45) is 5.73 Å². The van der Waals surface area contributed by atoms with Gasteiger partial charge >= 0.3 is 5.97 Å². The van der Waals surface area contributed by atoms with Crippen LogP contribution in [-0.4, -0.2) is 73.7 Å². The number of allylic oxidation sites excluding steroid dienone is 1. The van der Waals surface area contributed by atoms with E-state index in [0.717, 1.165) is 22.5 Å². The summed E-state index contributed by atoms with van der Waals surface area (Å²) in [6, 6.07) is 7.74. The second kappa shape index (κ2) is 9.57. The van der Waals surface area contributed by atoms with Gasteiger partial charge in [-0.2, -0.15) is 9.97 Å². The van der Waals surface area contributed by atoms with Crippen LogP contribution in [0, 0.1) is 0 Å². The number of aromatic nitrogens is 2. The van der Waals surface area contributed by atoms with Crippen molar-refractivity contribution >= 4 is 23.6 Å². The van der Waals surface area contributed by atoms with Gasteiger partial charge in [0, 0.05) is 44.0 Å². The number of carbonyl (C=O) groups is 1.